The molecule has 0 heterocycles. The van der Waals surface area contributed by atoms with Crippen molar-refractivity contribution in [3.63, 3.8) is 0 Å². The number of nitrogens with one attached hydrogen (secondary N) is 1. The maximum absolute atomic E-state index is 12.8. The molecule has 0 unspecified atom stereocenters. The van der Waals surface area contributed by atoms with E-state index in [1.54, 1.807) is 48.5 Å². The lowest BCUT2D eigenvalue weighted by Gasteiger charge is -2.14. The van der Waals surface area contributed by atoms with Crippen molar-refractivity contribution in [1.29, 1.82) is 0 Å². The van der Waals surface area contributed by atoms with Gasteiger partial charge in [-0.15, -0.1) is 0 Å². The number of carbonyl (C=O) groups excluding carboxylic acids is 2. The number of nitrogens with zero attached hydrogens (tertiary/aromatic N) is 1. The average molecular weight is 434 g/mol. The molecular formula is C24H22N2O6. The van der Waals surface area contributed by atoms with Crippen molar-refractivity contribution in [2.45, 2.75) is 0 Å². The molecule has 0 saturated heterocycles. The van der Waals surface area contributed by atoms with Crippen LogP contribution in [0.1, 0.15) is 26.3 Å². The Balaban J connectivity index is 1.77. The Hall–Kier alpha value is -4.33. The van der Waals surface area contributed by atoms with Gasteiger partial charge in [0.2, 0.25) is 5.75 Å². The Kier molecular flexibility index (Phi) is 7.42. The van der Waals surface area contributed by atoms with Crippen LogP contribution in [0.15, 0.2) is 71.8 Å². The molecular weight excluding hydrogens is 412 g/mol. The molecule has 8 heteroatoms. The smallest absolute Gasteiger partial charge is 0.343 e. The first-order valence-corrected chi connectivity index (χ1v) is 9.57. The Morgan fingerprint density at radius 2 is 1.41 bits per heavy atom. The Labute approximate surface area is 185 Å². The molecule has 8 nitrogen and oxygen atoms in total. The fraction of sp³-hybridized carbons (Fsp3) is 0.125. The van der Waals surface area contributed by atoms with E-state index < -0.39 is 5.97 Å². The van der Waals surface area contributed by atoms with Gasteiger partial charge in [0.1, 0.15) is 5.75 Å². The van der Waals surface area contributed by atoms with Crippen LogP contribution in [0.25, 0.3) is 0 Å². The normalized spacial score (nSPS) is 10.5. The second-order valence-corrected chi connectivity index (χ2v) is 6.41. The maximum Gasteiger partial charge on any atom is 0.343 e. The van der Waals surface area contributed by atoms with E-state index in [9.17, 15) is 9.59 Å². The zero-order chi connectivity index (χ0) is 22.9. The molecule has 3 rings (SSSR count). The summed E-state index contributed by atoms with van der Waals surface area (Å²) >= 11 is 0. The van der Waals surface area contributed by atoms with Gasteiger partial charge < -0.3 is 18.9 Å². The highest BCUT2D eigenvalue weighted by Gasteiger charge is 2.19. The van der Waals surface area contributed by atoms with E-state index in [-0.39, 0.29) is 17.2 Å². The molecule has 0 aromatic heterocycles. The van der Waals surface area contributed by atoms with Gasteiger partial charge in [-0.3, -0.25) is 4.79 Å². The van der Waals surface area contributed by atoms with E-state index in [0.29, 0.717) is 28.4 Å². The van der Waals surface area contributed by atoms with Crippen LogP contribution in [-0.4, -0.2) is 39.4 Å². The van der Waals surface area contributed by atoms with Crippen LogP contribution >= 0.6 is 0 Å². The monoisotopic (exact) mass is 434 g/mol. The zero-order valence-corrected chi connectivity index (χ0v) is 17.8. The molecule has 1 amide bonds. The van der Waals surface area contributed by atoms with Gasteiger partial charge in [-0.2, -0.15) is 5.10 Å². The zero-order valence-electron chi connectivity index (χ0n) is 17.8. The topological polar surface area (TPSA) is 95.5 Å². The summed E-state index contributed by atoms with van der Waals surface area (Å²) in [6, 6.07) is 18.5. The van der Waals surface area contributed by atoms with E-state index in [2.05, 4.69) is 10.5 Å². The van der Waals surface area contributed by atoms with Crippen LogP contribution in [0.3, 0.4) is 0 Å². The molecule has 3 aromatic rings. The fourth-order valence-electron chi connectivity index (χ4n) is 2.85. The number of benzene rings is 3. The number of para-hydroxylation sites is 1. The summed E-state index contributed by atoms with van der Waals surface area (Å²) in [5.74, 6) is 0.318. The van der Waals surface area contributed by atoms with Crippen molar-refractivity contribution >= 4 is 18.1 Å². The Morgan fingerprint density at radius 3 is 2.03 bits per heavy atom. The van der Waals surface area contributed by atoms with E-state index in [1.165, 1.54) is 39.7 Å². The first-order valence-electron chi connectivity index (χ1n) is 9.57. The molecule has 1 N–H and O–H groups in total. The van der Waals surface area contributed by atoms with Crippen molar-refractivity contribution in [1.82, 2.24) is 5.43 Å². The molecule has 0 aliphatic heterocycles. The van der Waals surface area contributed by atoms with Gasteiger partial charge in [0.25, 0.3) is 5.91 Å². The van der Waals surface area contributed by atoms with Gasteiger partial charge in [0.05, 0.1) is 33.1 Å². The highest BCUT2D eigenvalue weighted by Crippen LogP contribution is 2.38. The minimum atomic E-state index is -0.626. The summed E-state index contributed by atoms with van der Waals surface area (Å²) in [6.45, 7) is 0. The molecule has 0 fully saturated rings. The molecule has 164 valence electrons. The SMILES string of the molecule is COc1cc(C(=O)Oc2ccccc2/C=N/NC(=O)c2ccccc2)cc(OC)c1OC. The second-order valence-electron chi connectivity index (χ2n) is 6.41. The van der Waals surface area contributed by atoms with Crippen LogP contribution in [-0.2, 0) is 0 Å². The molecule has 0 saturated carbocycles. The van der Waals surface area contributed by atoms with Crippen LogP contribution in [0.4, 0.5) is 0 Å². The molecule has 0 atom stereocenters. The summed E-state index contributed by atoms with van der Waals surface area (Å²) in [6.07, 6.45) is 1.40. The van der Waals surface area contributed by atoms with Crippen molar-refractivity contribution < 1.29 is 28.5 Å². The van der Waals surface area contributed by atoms with Gasteiger partial charge in [-0.25, -0.2) is 10.2 Å². The minimum Gasteiger partial charge on any atom is -0.493 e. The fourth-order valence-corrected chi connectivity index (χ4v) is 2.85. The molecule has 0 spiro atoms. The number of carbonyl (C=O) groups is 2. The highest BCUT2D eigenvalue weighted by atomic mass is 16.5. The lowest BCUT2D eigenvalue weighted by molar-refractivity contribution is 0.0733. The third-order valence-electron chi connectivity index (χ3n) is 4.43. The number of esters is 1. The van der Waals surface area contributed by atoms with Gasteiger partial charge in [-0.1, -0.05) is 30.3 Å². The number of hydrogen-bond donors (Lipinski definition) is 1. The number of methoxy groups -OCH3 is 3. The van der Waals surface area contributed by atoms with Crippen molar-refractivity contribution in [2.75, 3.05) is 21.3 Å². The van der Waals surface area contributed by atoms with E-state index in [0.717, 1.165) is 0 Å². The van der Waals surface area contributed by atoms with E-state index >= 15 is 0 Å². The predicted molar refractivity (Wildman–Crippen MR) is 119 cm³/mol. The van der Waals surface area contributed by atoms with Gasteiger partial charge in [0, 0.05) is 11.1 Å². The Bertz CT molecular complexity index is 1100. The number of rotatable bonds is 8. The van der Waals surface area contributed by atoms with Crippen molar-refractivity contribution in [3.8, 4) is 23.0 Å². The molecule has 32 heavy (non-hydrogen) atoms. The van der Waals surface area contributed by atoms with E-state index in [1.807, 2.05) is 6.07 Å². The summed E-state index contributed by atoms with van der Waals surface area (Å²) in [4.78, 5) is 24.9. The Morgan fingerprint density at radius 1 is 0.781 bits per heavy atom. The van der Waals surface area contributed by atoms with Gasteiger partial charge >= 0.3 is 5.97 Å². The van der Waals surface area contributed by atoms with Crippen LogP contribution in [0, 0.1) is 0 Å². The number of amides is 1. The minimum absolute atomic E-state index is 0.212. The molecule has 0 radical (unpaired) electrons. The average Bonchev–Trinajstić information content (AvgIpc) is 2.84. The lowest BCUT2D eigenvalue weighted by Crippen LogP contribution is -2.17. The number of hydrazone groups is 1. The van der Waals surface area contributed by atoms with Crippen LogP contribution in [0.5, 0.6) is 23.0 Å². The van der Waals surface area contributed by atoms with Crippen molar-refractivity contribution in [2.24, 2.45) is 5.10 Å². The van der Waals surface area contributed by atoms with Crippen molar-refractivity contribution in [3.05, 3.63) is 83.4 Å². The van der Waals surface area contributed by atoms with Gasteiger partial charge in [0.15, 0.2) is 11.5 Å². The van der Waals surface area contributed by atoms with E-state index in [4.69, 9.17) is 18.9 Å². The van der Waals surface area contributed by atoms with Gasteiger partial charge in [-0.05, 0) is 36.4 Å². The second kappa shape index (κ2) is 10.6. The summed E-state index contributed by atoms with van der Waals surface area (Å²) < 4.78 is 21.4. The maximum atomic E-state index is 12.8. The first kappa shape index (κ1) is 22.4. The highest BCUT2D eigenvalue weighted by molar-refractivity contribution is 5.96. The molecule has 3 aromatic carbocycles. The largest absolute Gasteiger partial charge is 0.493 e. The molecule has 0 bridgehead atoms. The lowest BCUT2D eigenvalue weighted by atomic mass is 10.1. The van der Waals surface area contributed by atoms with Crippen LogP contribution in [0.2, 0.25) is 0 Å². The third-order valence-corrected chi connectivity index (χ3v) is 4.43. The summed E-state index contributed by atoms with van der Waals surface area (Å²) in [5.41, 5.74) is 3.64. The summed E-state index contributed by atoms with van der Waals surface area (Å²) in [5, 5.41) is 3.96. The molecule has 0 aliphatic rings. The first-order chi connectivity index (χ1) is 15.6. The number of ether oxygens (including phenoxy) is 4. The molecule has 0 aliphatic carbocycles. The third kappa shape index (κ3) is 5.23. The standard InChI is InChI=1S/C24H22N2O6/c1-29-20-13-18(14-21(30-2)22(20)31-3)24(28)32-19-12-8-7-11-17(19)15-25-26-23(27)16-9-5-4-6-10-16/h4-15H,1-3H3,(H,26,27)/b25-15+. The predicted octanol–water partition coefficient (Wildman–Crippen LogP) is 3.70. The quantitative estimate of drug-likeness (QED) is 0.251. The number of hydrogen-bond acceptors (Lipinski definition) is 7. The summed E-state index contributed by atoms with van der Waals surface area (Å²) in [7, 11) is 4.40. The van der Waals surface area contributed by atoms with Crippen LogP contribution < -0.4 is 24.4 Å².